The average Bonchev–Trinajstić information content (AvgIpc) is 2.76. The number of hydrogen-bond donors (Lipinski definition) is 3. The molecule has 1 amide bonds. The predicted octanol–water partition coefficient (Wildman–Crippen LogP) is 2.48. The minimum absolute atomic E-state index is 0.104. The Morgan fingerprint density at radius 3 is 2.59 bits per heavy atom. The van der Waals surface area contributed by atoms with E-state index >= 15 is 0 Å². The van der Waals surface area contributed by atoms with Crippen molar-refractivity contribution in [3.63, 3.8) is 0 Å². The first-order valence-corrected chi connectivity index (χ1v) is 10.2. The van der Waals surface area contributed by atoms with E-state index in [0.717, 1.165) is 4.90 Å². The average molecular weight is 465 g/mol. The van der Waals surface area contributed by atoms with Crippen molar-refractivity contribution in [3.05, 3.63) is 47.9 Å². The second kappa shape index (κ2) is 9.94. The molecule has 32 heavy (non-hydrogen) atoms. The number of carbonyl (C=O) groups excluding carboxylic acids is 1. The summed E-state index contributed by atoms with van der Waals surface area (Å²) in [5, 5.41) is 14.5. The number of carbonyl (C=O) groups is 1. The summed E-state index contributed by atoms with van der Waals surface area (Å²) in [6, 6.07) is 0.980. The molecule has 170 valence electrons. The number of anilines is 1. The molecule has 1 aliphatic heterocycles. The Kier molecular flexibility index (Phi) is 7.29. The third-order valence-electron chi connectivity index (χ3n) is 5.01. The molecule has 2 atom stereocenters. The summed E-state index contributed by atoms with van der Waals surface area (Å²) in [7, 11) is 1.59. The van der Waals surface area contributed by atoms with E-state index in [4.69, 9.17) is 17.0 Å². The lowest BCUT2D eigenvalue weighted by atomic mass is 9.87. The van der Waals surface area contributed by atoms with Gasteiger partial charge in [0.25, 0.3) is 11.8 Å². The number of halogens is 3. The van der Waals surface area contributed by atoms with Gasteiger partial charge in [0.2, 0.25) is 5.95 Å². The molecule has 0 spiro atoms. The number of likely N-dealkylation sites (tertiary alicyclic amines) is 1. The molecule has 1 aliphatic rings. The number of amides is 1. The van der Waals surface area contributed by atoms with Crippen molar-refractivity contribution in [1.82, 2.24) is 30.2 Å². The second-order valence-electron chi connectivity index (χ2n) is 7.44. The van der Waals surface area contributed by atoms with Gasteiger partial charge < -0.3 is 15.5 Å². The monoisotopic (exact) mass is 464 g/mol. The summed E-state index contributed by atoms with van der Waals surface area (Å²) in [5.74, 6) is -4.05. The Morgan fingerprint density at radius 2 is 1.97 bits per heavy atom. The van der Waals surface area contributed by atoms with E-state index in [1.165, 1.54) is 31.0 Å². The van der Waals surface area contributed by atoms with Crippen LogP contribution in [0.15, 0.2) is 37.1 Å². The van der Waals surface area contributed by atoms with Crippen LogP contribution in [0.4, 0.5) is 14.7 Å². The highest BCUT2D eigenvalue weighted by Gasteiger charge is 2.46. The number of alkyl halides is 2. The van der Waals surface area contributed by atoms with Crippen LogP contribution in [-0.2, 0) is 4.79 Å². The molecule has 0 saturated carbocycles. The van der Waals surface area contributed by atoms with Gasteiger partial charge in [-0.2, -0.15) is 0 Å². The first-order chi connectivity index (χ1) is 15.2. The lowest BCUT2D eigenvalue weighted by Gasteiger charge is -2.43. The highest BCUT2D eigenvalue weighted by atomic mass is 35.5. The summed E-state index contributed by atoms with van der Waals surface area (Å²) in [5.41, 5.74) is -0.379. The topological polar surface area (TPSA) is 120 Å². The van der Waals surface area contributed by atoms with Crippen molar-refractivity contribution in [1.29, 1.82) is 5.41 Å². The molecule has 0 radical (unpaired) electrons. The van der Waals surface area contributed by atoms with Gasteiger partial charge in [0.15, 0.2) is 5.82 Å². The molecule has 1 saturated heterocycles. The minimum Gasteiger partial charge on any atom is -0.393 e. The molecule has 9 nitrogen and oxygen atoms in total. The third kappa shape index (κ3) is 5.52. The fraction of sp³-hybridized carbons (Fsp3) is 0.400. The molecular formula is C20H23ClF2N8O. The van der Waals surface area contributed by atoms with E-state index in [2.05, 4.69) is 30.6 Å². The van der Waals surface area contributed by atoms with Crippen molar-refractivity contribution in [2.45, 2.75) is 25.3 Å². The summed E-state index contributed by atoms with van der Waals surface area (Å²) in [6.45, 7) is 0.982. The van der Waals surface area contributed by atoms with Crippen molar-refractivity contribution in [2.75, 3.05) is 25.5 Å². The van der Waals surface area contributed by atoms with Gasteiger partial charge in [-0.05, 0) is 12.0 Å². The first-order valence-electron chi connectivity index (χ1n) is 9.86. The van der Waals surface area contributed by atoms with Gasteiger partial charge in [-0.25, -0.2) is 28.7 Å². The highest BCUT2D eigenvalue weighted by Crippen LogP contribution is 2.35. The Balaban J connectivity index is 1.85. The van der Waals surface area contributed by atoms with Crippen LogP contribution in [0, 0.1) is 11.3 Å². The highest BCUT2D eigenvalue weighted by molar-refractivity contribution is 6.54. The van der Waals surface area contributed by atoms with Gasteiger partial charge in [-0.15, -0.1) is 0 Å². The second-order valence-corrected chi connectivity index (χ2v) is 7.87. The Labute approximate surface area is 188 Å². The van der Waals surface area contributed by atoms with E-state index in [1.54, 1.807) is 20.0 Å². The van der Waals surface area contributed by atoms with Crippen LogP contribution in [0.2, 0.25) is 5.02 Å². The molecule has 2 aromatic heterocycles. The molecule has 0 bridgehead atoms. The Bertz CT molecular complexity index is 987. The zero-order chi connectivity index (χ0) is 23.3. The van der Waals surface area contributed by atoms with Crippen LogP contribution in [0.25, 0.3) is 5.57 Å². The van der Waals surface area contributed by atoms with E-state index in [1.807, 2.05) is 0 Å². The van der Waals surface area contributed by atoms with Crippen LogP contribution in [0.1, 0.15) is 19.2 Å². The molecule has 1 unspecified atom stereocenters. The van der Waals surface area contributed by atoms with Crippen LogP contribution < -0.4 is 10.6 Å². The third-order valence-corrected chi connectivity index (χ3v) is 5.20. The van der Waals surface area contributed by atoms with Crippen molar-refractivity contribution in [2.24, 2.45) is 5.92 Å². The van der Waals surface area contributed by atoms with Gasteiger partial charge in [0, 0.05) is 38.6 Å². The molecule has 12 heteroatoms. The van der Waals surface area contributed by atoms with Gasteiger partial charge in [0.05, 0.1) is 35.6 Å². The van der Waals surface area contributed by atoms with Crippen LogP contribution in [0.5, 0.6) is 0 Å². The zero-order valence-electron chi connectivity index (χ0n) is 17.5. The number of piperidine rings is 1. The van der Waals surface area contributed by atoms with E-state index in [9.17, 15) is 13.6 Å². The summed E-state index contributed by atoms with van der Waals surface area (Å²) in [4.78, 5) is 30.5. The largest absolute Gasteiger partial charge is 0.393 e. The Hall–Kier alpha value is -3.21. The maximum atomic E-state index is 14.4. The fourth-order valence-corrected chi connectivity index (χ4v) is 3.67. The lowest BCUT2D eigenvalue weighted by molar-refractivity contribution is -0.145. The standard InChI is InChI=1S/C20H23ClF2N8O/c1-12-6-20(22,23)11-31(15(12)10-30-19-28-7-13(21)8-29-19)18(32)16(24)14(9-25-2)17-26-4-3-5-27-17/h3-5,7-9,12,15,24-25H,6,10-11H2,1-2H3,(H,28,29,30)/b14-9+,24-16?/t12-,15?/m1/s1. The number of rotatable bonds is 7. The molecule has 0 aliphatic carbocycles. The SMILES string of the molecule is CN/C=C(\C(=N)C(=O)N1CC(F)(F)C[C@@H](C)C1CNc1ncc(Cl)cn1)c1ncccn1. The van der Waals surface area contributed by atoms with Gasteiger partial charge in [-0.3, -0.25) is 10.2 Å². The quantitative estimate of drug-likeness (QED) is 0.538. The van der Waals surface area contributed by atoms with Gasteiger partial charge in [0.1, 0.15) is 5.71 Å². The summed E-state index contributed by atoms with van der Waals surface area (Å²) < 4.78 is 28.8. The van der Waals surface area contributed by atoms with Crippen molar-refractivity contribution >= 4 is 34.7 Å². The number of aromatic nitrogens is 4. The van der Waals surface area contributed by atoms with Crippen LogP contribution >= 0.6 is 11.6 Å². The molecule has 1 fully saturated rings. The zero-order valence-corrected chi connectivity index (χ0v) is 18.3. The van der Waals surface area contributed by atoms with E-state index in [0.29, 0.717) is 5.02 Å². The number of nitrogens with one attached hydrogen (secondary N) is 3. The maximum Gasteiger partial charge on any atom is 0.273 e. The van der Waals surface area contributed by atoms with E-state index < -0.39 is 36.0 Å². The predicted molar refractivity (Wildman–Crippen MR) is 117 cm³/mol. The molecule has 0 aromatic carbocycles. The number of nitrogens with zero attached hydrogens (tertiary/aromatic N) is 5. The van der Waals surface area contributed by atoms with Crippen LogP contribution in [0.3, 0.4) is 0 Å². The minimum atomic E-state index is -3.07. The van der Waals surface area contributed by atoms with Gasteiger partial charge in [-0.1, -0.05) is 18.5 Å². The van der Waals surface area contributed by atoms with Gasteiger partial charge >= 0.3 is 0 Å². The summed E-state index contributed by atoms with van der Waals surface area (Å²) in [6.07, 6.45) is 6.78. The van der Waals surface area contributed by atoms with Crippen LogP contribution in [-0.4, -0.2) is 68.6 Å². The molecular weight excluding hydrogens is 442 g/mol. The maximum absolute atomic E-state index is 14.4. The smallest absolute Gasteiger partial charge is 0.273 e. The van der Waals surface area contributed by atoms with Crippen molar-refractivity contribution in [3.8, 4) is 0 Å². The molecule has 3 heterocycles. The fourth-order valence-electron chi connectivity index (χ4n) is 3.57. The Morgan fingerprint density at radius 1 is 1.31 bits per heavy atom. The molecule has 3 N–H and O–H groups in total. The summed E-state index contributed by atoms with van der Waals surface area (Å²) >= 11 is 5.79. The molecule has 3 rings (SSSR count). The normalized spacial score (nSPS) is 20.5. The first kappa shape index (κ1) is 23.5. The molecule has 2 aromatic rings. The lowest BCUT2D eigenvalue weighted by Crippen LogP contribution is -2.59. The van der Waals surface area contributed by atoms with E-state index in [-0.39, 0.29) is 30.3 Å². The number of hydrogen-bond acceptors (Lipinski definition) is 8. The van der Waals surface area contributed by atoms with Crippen molar-refractivity contribution < 1.29 is 13.6 Å².